The van der Waals surface area contributed by atoms with Gasteiger partial charge < -0.3 is 5.11 Å². The van der Waals surface area contributed by atoms with Crippen LogP contribution in [-0.2, 0) is 9.59 Å². The summed E-state index contributed by atoms with van der Waals surface area (Å²) >= 11 is 0. The predicted molar refractivity (Wildman–Crippen MR) is 45.9 cm³/mol. The number of aliphatic carboxylic acids is 1. The van der Waals surface area contributed by atoms with Crippen LogP contribution >= 0.6 is 0 Å². The van der Waals surface area contributed by atoms with E-state index in [9.17, 15) is 9.59 Å². The zero-order valence-electron chi connectivity index (χ0n) is 7.68. The lowest BCUT2D eigenvalue weighted by Gasteiger charge is -2.22. The van der Waals surface area contributed by atoms with Crippen molar-refractivity contribution in [2.75, 3.05) is 0 Å². The molecule has 0 saturated heterocycles. The summed E-state index contributed by atoms with van der Waals surface area (Å²) < 4.78 is 0. The van der Waals surface area contributed by atoms with Crippen LogP contribution < -0.4 is 0 Å². The maximum atomic E-state index is 11.0. The van der Waals surface area contributed by atoms with Crippen molar-refractivity contribution in [1.82, 2.24) is 0 Å². The van der Waals surface area contributed by atoms with Gasteiger partial charge in [0.25, 0.3) is 0 Å². The fraction of sp³-hybridized carbons (Fsp3) is 0.556. The van der Waals surface area contributed by atoms with Crippen molar-refractivity contribution in [3.8, 4) is 0 Å². The first-order chi connectivity index (χ1) is 5.28. The summed E-state index contributed by atoms with van der Waals surface area (Å²) in [5.41, 5.74) is -0.277. The molecular weight excluding hydrogens is 156 g/mol. The van der Waals surface area contributed by atoms with Crippen LogP contribution in [0.2, 0.25) is 0 Å². The fourth-order valence-electron chi connectivity index (χ4n) is 0.652. The molecule has 0 fully saturated rings. The van der Waals surface area contributed by atoms with Crippen LogP contribution in [0.25, 0.3) is 0 Å². The van der Waals surface area contributed by atoms with Gasteiger partial charge in [-0.25, -0.2) is 0 Å². The average molecular weight is 170 g/mol. The highest BCUT2D eigenvalue weighted by Gasteiger charge is 2.27. The summed E-state index contributed by atoms with van der Waals surface area (Å²) in [6, 6.07) is 0. The molecular formula is C9H14O3. The molecule has 0 unspecified atom stereocenters. The van der Waals surface area contributed by atoms with Gasteiger partial charge in [0.1, 0.15) is 5.78 Å². The maximum Gasteiger partial charge on any atom is 0.307 e. The molecule has 12 heavy (non-hydrogen) atoms. The van der Waals surface area contributed by atoms with E-state index in [4.69, 9.17) is 5.11 Å². The summed E-state index contributed by atoms with van der Waals surface area (Å²) in [6.07, 6.45) is -0.146. The highest BCUT2D eigenvalue weighted by Crippen LogP contribution is 2.27. The van der Waals surface area contributed by atoms with Crippen molar-refractivity contribution < 1.29 is 14.7 Å². The van der Waals surface area contributed by atoms with Gasteiger partial charge in [0, 0.05) is 5.41 Å². The molecule has 0 aromatic heterocycles. The normalized spacial score (nSPS) is 10.9. The zero-order chi connectivity index (χ0) is 9.94. The maximum absolute atomic E-state index is 11.0. The Labute approximate surface area is 72.1 Å². The zero-order valence-corrected chi connectivity index (χ0v) is 7.68. The number of ketones is 1. The van der Waals surface area contributed by atoms with E-state index >= 15 is 0 Å². The number of carboxylic acid groups (broad SMARTS) is 1. The SMILES string of the molecule is C=C(CC(=O)O)C(C)(C)C(C)=O. The number of carboxylic acids is 1. The Kier molecular flexibility index (Phi) is 3.19. The summed E-state index contributed by atoms with van der Waals surface area (Å²) in [6.45, 7) is 8.39. The first-order valence-corrected chi connectivity index (χ1v) is 3.69. The molecule has 0 atom stereocenters. The third-order valence-electron chi connectivity index (χ3n) is 2.13. The van der Waals surface area contributed by atoms with E-state index < -0.39 is 11.4 Å². The largest absolute Gasteiger partial charge is 0.481 e. The van der Waals surface area contributed by atoms with Crippen molar-refractivity contribution in [2.24, 2.45) is 5.41 Å². The fourth-order valence-corrected chi connectivity index (χ4v) is 0.652. The van der Waals surface area contributed by atoms with E-state index in [0.29, 0.717) is 5.57 Å². The number of carbonyl (C=O) groups excluding carboxylic acids is 1. The van der Waals surface area contributed by atoms with Gasteiger partial charge in [-0.2, -0.15) is 0 Å². The van der Waals surface area contributed by atoms with Crippen LogP contribution in [0.15, 0.2) is 12.2 Å². The standard InChI is InChI=1S/C9H14O3/c1-6(5-8(11)12)9(3,4)7(2)10/h1,5H2,2-4H3,(H,11,12). The Bertz CT molecular complexity index is 226. The van der Waals surface area contributed by atoms with E-state index in [2.05, 4.69) is 6.58 Å². The molecule has 3 nitrogen and oxygen atoms in total. The smallest absolute Gasteiger partial charge is 0.307 e. The summed E-state index contributed by atoms with van der Waals surface area (Å²) in [5, 5.41) is 8.46. The summed E-state index contributed by atoms with van der Waals surface area (Å²) in [5.74, 6) is -1.01. The molecule has 0 heterocycles. The van der Waals surface area contributed by atoms with Crippen molar-refractivity contribution in [3.63, 3.8) is 0 Å². The Morgan fingerprint density at radius 2 is 1.83 bits per heavy atom. The van der Waals surface area contributed by atoms with Crippen LogP contribution in [0.5, 0.6) is 0 Å². The molecule has 3 heteroatoms. The minimum absolute atomic E-state index is 0.0613. The van der Waals surface area contributed by atoms with Crippen LogP contribution in [0.4, 0.5) is 0 Å². The van der Waals surface area contributed by atoms with Crippen LogP contribution in [-0.4, -0.2) is 16.9 Å². The molecule has 0 aliphatic heterocycles. The highest BCUT2D eigenvalue weighted by molar-refractivity contribution is 5.86. The van der Waals surface area contributed by atoms with Gasteiger partial charge in [0.05, 0.1) is 6.42 Å². The molecule has 0 amide bonds. The topological polar surface area (TPSA) is 54.4 Å². The number of hydrogen-bond acceptors (Lipinski definition) is 2. The van der Waals surface area contributed by atoms with Gasteiger partial charge in [-0.15, -0.1) is 0 Å². The van der Waals surface area contributed by atoms with Gasteiger partial charge >= 0.3 is 5.97 Å². The first-order valence-electron chi connectivity index (χ1n) is 3.69. The van der Waals surface area contributed by atoms with Crippen molar-refractivity contribution in [3.05, 3.63) is 12.2 Å². The van der Waals surface area contributed by atoms with Crippen molar-refractivity contribution in [1.29, 1.82) is 0 Å². The average Bonchev–Trinajstić information content (AvgIpc) is 1.85. The Morgan fingerprint density at radius 3 is 2.08 bits per heavy atom. The molecule has 0 aliphatic carbocycles. The molecule has 0 rings (SSSR count). The lowest BCUT2D eigenvalue weighted by molar-refractivity contribution is -0.136. The predicted octanol–water partition coefficient (Wildman–Crippen LogP) is 1.63. The molecule has 0 bridgehead atoms. The first kappa shape index (κ1) is 10.9. The second kappa shape index (κ2) is 3.52. The molecule has 0 aromatic rings. The minimum Gasteiger partial charge on any atom is -0.481 e. The Morgan fingerprint density at radius 1 is 1.42 bits per heavy atom. The van der Waals surface area contributed by atoms with E-state index in [0.717, 1.165) is 0 Å². The van der Waals surface area contributed by atoms with E-state index in [1.807, 2.05) is 0 Å². The van der Waals surface area contributed by atoms with Crippen molar-refractivity contribution >= 4 is 11.8 Å². The van der Waals surface area contributed by atoms with E-state index in [1.165, 1.54) is 6.92 Å². The molecule has 0 aromatic carbocycles. The van der Waals surface area contributed by atoms with Crippen LogP contribution in [0, 0.1) is 5.41 Å². The molecule has 0 aliphatic rings. The second-order valence-electron chi connectivity index (χ2n) is 3.36. The lowest BCUT2D eigenvalue weighted by atomic mass is 9.80. The third-order valence-corrected chi connectivity index (χ3v) is 2.13. The second-order valence-corrected chi connectivity index (χ2v) is 3.36. The van der Waals surface area contributed by atoms with Gasteiger partial charge in [-0.3, -0.25) is 9.59 Å². The van der Waals surface area contributed by atoms with E-state index in [1.54, 1.807) is 13.8 Å². The molecule has 1 N–H and O–H groups in total. The van der Waals surface area contributed by atoms with Gasteiger partial charge in [0.15, 0.2) is 0 Å². The number of Topliss-reactive ketones (excluding diaryl/α,β-unsaturated/α-hetero) is 1. The highest BCUT2D eigenvalue weighted by atomic mass is 16.4. The quantitative estimate of drug-likeness (QED) is 0.652. The molecule has 0 spiro atoms. The van der Waals surface area contributed by atoms with Gasteiger partial charge in [0.2, 0.25) is 0 Å². The van der Waals surface area contributed by atoms with Gasteiger partial charge in [-0.05, 0) is 20.8 Å². The molecule has 0 radical (unpaired) electrons. The summed E-state index contributed by atoms with van der Waals surface area (Å²) in [4.78, 5) is 21.3. The number of rotatable bonds is 4. The Balaban J connectivity index is 4.47. The number of carbonyl (C=O) groups is 2. The molecule has 0 saturated carbocycles. The monoisotopic (exact) mass is 170 g/mol. The Hall–Kier alpha value is -1.12. The van der Waals surface area contributed by atoms with Crippen molar-refractivity contribution in [2.45, 2.75) is 27.2 Å². The summed E-state index contributed by atoms with van der Waals surface area (Å²) in [7, 11) is 0. The van der Waals surface area contributed by atoms with Crippen LogP contribution in [0.3, 0.4) is 0 Å². The van der Waals surface area contributed by atoms with E-state index in [-0.39, 0.29) is 12.2 Å². The third kappa shape index (κ3) is 2.49. The number of hydrogen-bond donors (Lipinski definition) is 1. The van der Waals surface area contributed by atoms with Gasteiger partial charge in [-0.1, -0.05) is 12.2 Å². The lowest BCUT2D eigenvalue weighted by Crippen LogP contribution is -2.24. The van der Waals surface area contributed by atoms with Crippen LogP contribution in [0.1, 0.15) is 27.2 Å². The minimum atomic E-state index is -0.950. The molecule has 68 valence electrons.